The summed E-state index contributed by atoms with van der Waals surface area (Å²) < 4.78 is 15.8. The van der Waals surface area contributed by atoms with Crippen LogP contribution in [0.5, 0.6) is 5.75 Å². The molecule has 0 aliphatic heterocycles. The molecule has 6 heteroatoms. The molecule has 3 rings (SSSR count). The number of amides is 1. The number of hydrogen-bond donors (Lipinski definition) is 0. The van der Waals surface area contributed by atoms with Crippen LogP contribution >= 0.6 is 0 Å². The van der Waals surface area contributed by atoms with Gasteiger partial charge in [-0.2, -0.15) is 0 Å². The summed E-state index contributed by atoms with van der Waals surface area (Å²) in [6.45, 7) is 0.0787. The van der Waals surface area contributed by atoms with E-state index in [0.29, 0.717) is 22.4 Å². The molecule has 0 bridgehead atoms. The first-order valence-electron chi connectivity index (χ1n) is 7.63. The number of benzene rings is 2. The first-order valence-corrected chi connectivity index (χ1v) is 7.63. The highest BCUT2D eigenvalue weighted by Gasteiger charge is 2.18. The lowest BCUT2D eigenvalue weighted by Crippen LogP contribution is -2.27. The number of anilines is 1. The molecule has 0 fully saturated rings. The van der Waals surface area contributed by atoms with Crippen molar-refractivity contribution in [1.82, 2.24) is 0 Å². The third-order valence-electron chi connectivity index (χ3n) is 3.70. The Hall–Kier alpha value is -3.12. The lowest BCUT2D eigenvalue weighted by molar-refractivity contribution is 0.0512. The van der Waals surface area contributed by atoms with Gasteiger partial charge in [0.1, 0.15) is 11.3 Å². The quantitative estimate of drug-likeness (QED) is 0.668. The summed E-state index contributed by atoms with van der Waals surface area (Å²) in [5.74, 6) is 0.0708. The zero-order chi connectivity index (χ0) is 17.8. The number of methoxy groups -OCH3 is 1. The average Bonchev–Trinajstić information content (AvgIpc) is 2.66. The molecule has 0 N–H and O–H groups in total. The highest BCUT2D eigenvalue weighted by Crippen LogP contribution is 2.21. The third kappa shape index (κ3) is 3.54. The molecule has 0 atom stereocenters. The number of ether oxygens (including phenoxy) is 2. The molecule has 3 aromatic rings. The van der Waals surface area contributed by atoms with Crippen molar-refractivity contribution in [3.63, 3.8) is 0 Å². The van der Waals surface area contributed by atoms with Crippen LogP contribution in [-0.4, -0.2) is 26.9 Å². The molecule has 2 aromatic carbocycles. The van der Waals surface area contributed by atoms with E-state index in [1.165, 1.54) is 18.1 Å². The Morgan fingerprint density at radius 2 is 1.88 bits per heavy atom. The first-order chi connectivity index (χ1) is 12.1. The minimum absolute atomic E-state index is 0.0191. The van der Waals surface area contributed by atoms with Crippen LogP contribution in [0.3, 0.4) is 0 Å². The van der Waals surface area contributed by atoms with E-state index >= 15 is 0 Å². The first kappa shape index (κ1) is 16.7. The molecular formula is C19H17NO5. The summed E-state index contributed by atoms with van der Waals surface area (Å²) in [4.78, 5) is 26.4. The maximum Gasteiger partial charge on any atom is 0.293 e. The molecule has 128 valence electrons. The summed E-state index contributed by atoms with van der Waals surface area (Å²) in [5.41, 5.74) is 0.717. The SMILES string of the molecule is COCOc1ccc2oc(C(=O)N(C)c3ccccc3)cc(=O)c2c1. The third-order valence-corrected chi connectivity index (χ3v) is 3.70. The number of fused-ring (bicyclic) bond motifs is 1. The number of para-hydroxylation sites is 1. The summed E-state index contributed by atoms with van der Waals surface area (Å²) in [5, 5.41) is 0.340. The fraction of sp³-hybridized carbons (Fsp3) is 0.158. The van der Waals surface area contributed by atoms with E-state index < -0.39 is 5.91 Å². The number of carbonyl (C=O) groups excluding carboxylic acids is 1. The van der Waals surface area contributed by atoms with Gasteiger partial charge in [-0.3, -0.25) is 9.59 Å². The van der Waals surface area contributed by atoms with E-state index in [2.05, 4.69) is 0 Å². The van der Waals surface area contributed by atoms with E-state index in [1.54, 1.807) is 37.4 Å². The minimum atomic E-state index is -0.398. The van der Waals surface area contributed by atoms with E-state index in [-0.39, 0.29) is 18.0 Å². The van der Waals surface area contributed by atoms with Crippen LogP contribution < -0.4 is 15.1 Å². The van der Waals surface area contributed by atoms with Crippen LogP contribution in [-0.2, 0) is 4.74 Å². The number of rotatable bonds is 5. The normalized spacial score (nSPS) is 10.6. The zero-order valence-corrected chi connectivity index (χ0v) is 13.9. The average molecular weight is 339 g/mol. The molecule has 1 amide bonds. The number of hydrogen-bond acceptors (Lipinski definition) is 5. The Kier molecular flexibility index (Phi) is 4.81. The Bertz CT molecular complexity index is 949. The Morgan fingerprint density at radius 3 is 2.60 bits per heavy atom. The lowest BCUT2D eigenvalue weighted by atomic mass is 10.2. The van der Waals surface area contributed by atoms with Gasteiger partial charge in [-0.25, -0.2) is 0 Å². The monoisotopic (exact) mass is 339 g/mol. The fourth-order valence-electron chi connectivity index (χ4n) is 2.39. The Balaban J connectivity index is 1.95. The van der Waals surface area contributed by atoms with Crippen LogP contribution in [0.2, 0.25) is 0 Å². The predicted octanol–water partition coefficient (Wildman–Crippen LogP) is 3.05. The Morgan fingerprint density at radius 1 is 1.12 bits per heavy atom. The second-order valence-electron chi connectivity index (χ2n) is 5.38. The fourth-order valence-corrected chi connectivity index (χ4v) is 2.39. The van der Waals surface area contributed by atoms with Gasteiger partial charge in [0.15, 0.2) is 18.0 Å². The molecular weight excluding hydrogens is 322 g/mol. The molecule has 0 spiro atoms. The van der Waals surface area contributed by atoms with Crippen molar-refractivity contribution in [2.75, 3.05) is 25.9 Å². The predicted molar refractivity (Wildman–Crippen MR) is 94.2 cm³/mol. The standard InChI is InChI=1S/C19H17NO5/c1-20(13-6-4-3-5-7-13)19(22)18-11-16(21)15-10-14(24-12-23-2)8-9-17(15)25-18/h3-11H,12H2,1-2H3. The Labute approximate surface area is 144 Å². The second kappa shape index (κ2) is 7.19. The summed E-state index contributed by atoms with van der Waals surface area (Å²) in [6.07, 6.45) is 0. The van der Waals surface area contributed by atoms with Gasteiger partial charge < -0.3 is 18.8 Å². The maximum atomic E-state index is 12.6. The van der Waals surface area contributed by atoms with Crippen molar-refractivity contribution in [1.29, 1.82) is 0 Å². The van der Waals surface area contributed by atoms with Crippen LogP contribution in [0.25, 0.3) is 11.0 Å². The molecule has 0 aliphatic rings. The molecule has 1 heterocycles. The van der Waals surface area contributed by atoms with Gasteiger partial charge in [0.2, 0.25) is 0 Å². The van der Waals surface area contributed by atoms with E-state index in [9.17, 15) is 9.59 Å². The smallest absolute Gasteiger partial charge is 0.293 e. The van der Waals surface area contributed by atoms with Crippen molar-refractivity contribution in [2.45, 2.75) is 0 Å². The largest absolute Gasteiger partial charge is 0.468 e. The van der Waals surface area contributed by atoms with E-state index in [1.807, 2.05) is 18.2 Å². The van der Waals surface area contributed by atoms with Gasteiger partial charge in [0.25, 0.3) is 5.91 Å². The van der Waals surface area contributed by atoms with Gasteiger partial charge in [-0.1, -0.05) is 18.2 Å². The highest BCUT2D eigenvalue weighted by molar-refractivity contribution is 6.04. The molecule has 0 saturated carbocycles. The zero-order valence-electron chi connectivity index (χ0n) is 13.9. The molecule has 0 unspecified atom stereocenters. The molecule has 25 heavy (non-hydrogen) atoms. The second-order valence-corrected chi connectivity index (χ2v) is 5.38. The van der Waals surface area contributed by atoms with Crippen LogP contribution in [0.4, 0.5) is 5.69 Å². The topological polar surface area (TPSA) is 69.0 Å². The van der Waals surface area contributed by atoms with Gasteiger partial charge in [0.05, 0.1) is 5.39 Å². The minimum Gasteiger partial charge on any atom is -0.468 e. The van der Waals surface area contributed by atoms with Crippen LogP contribution in [0, 0.1) is 0 Å². The van der Waals surface area contributed by atoms with Crippen LogP contribution in [0.1, 0.15) is 10.6 Å². The summed E-state index contributed by atoms with van der Waals surface area (Å²) in [6, 6.07) is 15.1. The van der Waals surface area contributed by atoms with Crippen molar-refractivity contribution in [3.8, 4) is 5.75 Å². The van der Waals surface area contributed by atoms with Gasteiger partial charge in [-0.05, 0) is 30.3 Å². The van der Waals surface area contributed by atoms with Crippen molar-refractivity contribution < 1.29 is 18.7 Å². The maximum absolute atomic E-state index is 12.6. The molecule has 0 radical (unpaired) electrons. The van der Waals surface area contributed by atoms with Crippen molar-refractivity contribution in [3.05, 3.63) is 70.6 Å². The summed E-state index contributed by atoms with van der Waals surface area (Å²) >= 11 is 0. The number of carbonyl (C=O) groups is 1. The van der Waals surface area contributed by atoms with Crippen LogP contribution in [0.15, 0.2) is 63.8 Å². The molecule has 0 aliphatic carbocycles. The van der Waals surface area contributed by atoms with E-state index in [4.69, 9.17) is 13.9 Å². The number of nitrogens with zero attached hydrogens (tertiary/aromatic N) is 1. The molecule has 0 saturated heterocycles. The van der Waals surface area contributed by atoms with Gasteiger partial charge in [-0.15, -0.1) is 0 Å². The lowest BCUT2D eigenvalue weighted by Gasteiger charge is -2.16. The van der Waals surface area contributed by atoms with Gasteiger partial charge >= 0.3 is 0 Å². The van der Waals surface area contributed by atoms with Gasteiger partial charge in [0, 0.05) is 25.9 Å². The van der Waals surface area contributed by atoms with E-state index in [0.717, 1.165) is 0 Å². The van der Waals surface area contributed by atoms with Crippen molar-refractivity contribution in [2.24, 2.45) is 0 Å². The molecule has 6 nitrogen and oxygen atoms in total. The molecule has 1 aromatic heterocycles. The highest BCUT2D eigenvalue weighted by atomic mass is 16.7. The van der Waals surface area contributed by atoms with Crippen molar-refractivity contribution >= 4 is 22.6 Å². The summed E-state index contributed by atoms with van der Waals surface area (Å²) in [7, 11) is 3.14.